The molecule has 41 heavy (non-hydrogen) atoms. The highest BCUT2D eigenvalue weighted by atomic mass is 19.1. The summed E-state index contributed by atoms with van der Waals surface area (Å²) in [5.74, 6) is -2.26. The zero-order valence-corrected chi connectivity index (χ0v) is 22.3. The summed E-state index contributed by atoms with van der Waals surface area (Å²) in [6, 6.07) is 14.9. The van der Waals surface area contributed by atoms with Gasteiger partial charge in [-0.2, -0.15) is 0 Å². The Kier molecular flexibility index (Phi) is 7.93. The number of hydrogen-bond donors (Lipinski definition) is 2. The number of phenolic OH excluding ortho intramolecular Hbond substituents is 1. The summed E-state index contributed by atoms with van der Waals surface area (Å²) in [7, 11) is 7.35. The topological polar surface area (TPSA) is 96.4 Å². The molecule has 3 aromatic carbocycles. The molecule has 9 nitrogen and oxygen atoms in total. The minimum atomic E-state index is -1.00. The Morgan fingerprint density at radius 2 is 1.71 bits per heavy atom. The van der Waals surface area contributed by atoms with Crippen molar-refractivity contribution in [2.45, 2.75) is 31.7 Å². The number of hydrazine groups is 1. The molecular formula is C29H28BF2N5O4. The maximum absolute atomic E-state index is 14.6. The van der Waals surface area contributed by atoms with Crippen molar-refractivity contribution in [1.82, 2.24) is 25.1 Å². The number of nitrogens with zero attached hydrogens (tertiary/aromatic N) is 4. The van der Waals surface area contributed by atoms with E-state index in [1.165, 1.54) is 38.0 Å². The number of carbonyl (C=O) groups excluding carboxylic acids is 3. The van der Waals surface area contributed by atoms with Crippen LogP contribution in [0.15, 0.2) is 66.7 Å². The summed E-state index contributed by atoms with van der Waals surface area (Å²) in [6.07, 6.45) is -0.787. The first-order chi connectivity index (χ1) is 19.6. The van der Waals surface area contributed by atoms with Gasteiger partial charge in [-0.05, 0) is 29.3 Å². The number of nitrogens with one attached hydrogen (secondary N) is 1. The number of halogens is 2. The molecule has 0 saturated carbocycles. The van der Waals surface area contributed by atoms with Crippen LogP contribution in [-0.4, -0.2) is 83.0 Å². The van der Waals surface area contributed by atoms with Gasteiger partial charge in [-0.15, -0.1) is 0 Å². The Morgan fingerprint density at radius 1 is 1.02 bits per heavy atom. The Labute approximate surface area is 237 Å². The monoisotopic (exact) mass is 559 g/mol. The van der Waals surface area contributed by atoms with E-state index in [0.29, 0.717) is 11.0 Å². The van der Waals surface area contributed by atoms with Gasteiger partial charge in [0.25, 0.3) is 0 Å². The molecule has 2 fully saturated rings. The van der Waals surface area contributed by atoms with Crippen molar-refractivity contribution in [3.8, 4) is 5.75 Å². The molecule has 12 heteroatoms. The first-order valence-electron chi connectivity index (χ1n) is 13.0. The molecule has 2 aliphatic heterocycles. The SMILES string of the molecule is [B]c1ccc(CNC(=O)N2[C@H]3CN(Cc4ccc(F)cc4F)C(=O)[C@H](Cc4ccc(O)cc4)N3C(=O)CN2C)cc1. The Bertz CT molecular complexity index is 1460. The fourth-order valence-electron chi connectivity index (χ4n) is 5.25. The molecule has 2 radical (unpaired) electrons. The lowest BCUT2D eigenvalue weighted by Gasteiger charge is -2.54. The Balaban J connectivity index is 1.46. The summed E-state index contributed by atoms with van der Waals surface area (Å²) in [4.78, 5) is 43.5. The number of rotatable bonds is 6. The molecule has 2 heterocycles. The maximum Gasteiger partial charge on any atom is 0.334 e. The van der Waals surface area contributed by atoms with Gasteiger partial charge in [-0.3, -0.25) is 9.59 Å². The molecule has 4 amide bonds. The highest BCUT2D eigenvalue weighted by Gasteiger charge is 2.50. The number of carbonyl (C=O) groups is 3. The van der Waals surface area contributed by atoms with E-state index in [1.807, 2.05) is 0 Å². The van der Waals surface area contributed by atoms with Crippen molar-refractivity contribution in [1.29, 1.82) is 0 Å². The van der Waals surface area contributed by atoms with Crippen LogP contribution in [0.5, 0.6) is 5.75 Å². The van der Waals surface area contributed by atoms with E-state index < -0.39 is 35.8 Å². The van der Waals surface area contributed by atoms with Crippen LogP contribution in [0.4, 0.5) is 13.6 Å². The van der Waals surface area contributed by atoms with E-state index in [-0.39, 0.29) is 49.8 Å². The van der Waals surface area contributed by atoms with Crippen LogP contribution in [-0.2, 0) is 29.1 Å². The van der Waals surface area contributed by atoms with Crippen molar-refractivity contribution in [2.75, 3.05) is 20.1 Å². The van der Waals surface area contributed by atoms with Crippen LogP contribution < -0.4 is 10.8 Å². The van der Waals surface area contributed by atoms with Crippen molar-refractivity contribution < 1.29 is 28.3 Å². The van der Waals surface area contributed by atoms with Gasteiger partial charge in [-0.1, -0.05) is 47.9 Å². The second kappa shape index (κ2) is 11.6. The van der Waals surface area contributed by atoms with Crippen LogP contribution in [0.25, 0.3) is 0 Å². The maximum atomic E-state index is 14.6. The van der Waals surface area contributed by atoms with Crippen LogP contribution >= 0.6 is 0 Å². The summed E-state index contributed by atoms with van der Waals surface area (Å²) in [6.45, 7) is -0.213. The number of amides is 4. The molecule has 2 saturated heterocycles. The second-order valence-electron chi connectivity index (χ2n) is 10.2. The molecule has 0 unspecified atom stereocenters. The van der Waals surface area contributed by atoms with Gasteiger partial charge in [-0.25, -0.2) is 23.6 Å². The standard InChI is InChI=1S/C29H28BF2N5O4/c1-34-17-27(39)36-25(12-18-4-10-23(38)11-5-18)28(40)35(15-20-6-9-22(31)13-24(20)32)16-26(36)37(34)29(41)33-14-19-2-7-21(30)8-3-19/h2-11,13,25-26,38H,12,14-17H2,1H3,(H,33,41)/t25-,26-/m0/s1. The number of aromatic hydroxyl groups is 1. The number of fused-ring (bicyclic) bond motifs is 1. The lowest BCUT2D eigenvalue weighted by molar-refractivity contribution is -0.187. The van der Waals surface area contributed by atoms with Crippen molar-refractivity contribution in [3.05, 3.63) is 95.1 Å². The third-order valence-corrected chi connectivity index (χ3v) is 7.31. The number of likely N-dealkylation sites (N-methyl/N-ethyl adjacent to an activating group) is 1. The molecule has 2 N–H and O–H groups in total. The molecule has 210 valence electrons. The fraction of sp³-hybridized carbons (Fsp3) is 0.276. The third-order valence-electron chi connectivity index (χ3n) is 7.31. The Hall–Kier alpha value is -4.45. The first-order valence-corrected chi connectivity index (χ1v) is 13.0. The predicted octanol–water partition coefficient (Wildman–Crippen LogP) is 1.64. The normalized spacial score (nSPS) is 19.3. The summed E-state index contributed by atoms with van der Waals surface area (Å²) < 4.78 is 28.2. The summed E-state index contributed by atoms with van der Waals surface area (Å²) in [5, 5.41) is 15.4. The van der Waals surface area contributed by atoms with E-state index in [9.17, 15) is 28.3 Å². The largest absolute Gasteiger partial charge is 0.508 e. The number of benzene rings is 3. The van der Waals surface area contributed by atoms with Crippen molar-refractivity contribution >= 4 is 31.2 Å². The zero-order valence-electron chi connectivity index (χ0n) is 22.3. The van der Waals surface area contributed by atoms with E-state index in [0.717, 1.165) is 17.7 Å². The smallest absolute Gasteiger partial charge is 0.334 e. The summed E-state index contributed by atoms with van der Waals surface area (Å²) >= 11 is 0. The minimum Gasteiger partial charge on any atom is -0.508 e. The molecular weight excluding hydrogens is 531 g/mol. The van der Waals surface area contributed by atoms with Gasteiger partial charge in [0.2, 0.25) is 11.8 Å². The average Bonchev–Trinajstić information content (AvgIpc) is 2.93. The highest BCUT2D eigenvalue weighted by molar-refractivity contribution is 6.32. The van der Waals surface area contributed by atoms with Gasteiger partial charge in [0.15, 0.2) is 0 Å². The van der Waals surface area contributed by atoms with Gasteiger partial charge in [0.1, 0.15) is 37.4 Å². The lowest BCUT2D eigenvalue weighted by Crippen LogP contribution is -2.76. The number of phenols is 1. The van der Waals surface area contributed by atoms with Crippen molar-refractivity contribution in [3.63, 3.8) is 0 Å². The molecule has 0 aliphatic carbocycles. The van der Waals surface area contributed by atoms with Crippen LogP contribution in [0.1, 0.15) is 16.7 Å². The van der Waals surface area contributed by atoms with Gasteiger partial charge >= 0.3 is 6.03 Å². The minimum absolute atomic E-state index is 0.0506. The average molecular weight is 559 g/mol. The van der Waals surface area contributed by atoms with Crippen LogP contribution in [0.3, 0.4) is 0 Å². The fourth-order valence-corrected chi connectivity index (χ4v) is 5.25. The highest BCUT2D eigenvalue weighted by Crippen LogP contribution is 2.29. The Morgan fingerprint density at radius 3 is 2.39 bits per heavy atom. The summed E-state index contributed by atoms with van der Waals surface area (Å²) in [5.41, 5.74) is 2.19. The lowest BCUT2D eigenvalue weighted by atomic mass is 9.95. The number of piperazine rings is 1. The number of urea groups is 1. The zero-order chi connectivity index (χ0) is 29.3. The quantitative estimate of drug-likeness (QED) is 0.448. The van der Waals surface area contributed by atoms with Gasteiger partial charge < -0.3 is 20.2 Å². The molecule has 5 rings (SSSR count). The van der Waals surface area contributed by atoms with Gasteiger partial charge in [0, 0.05) is 38.2 Å². The van der Waals surface area contributed by atoms with Crippen molar-refractivity contribution in [2.24, 2.45) is 0 Å². The predicted molar refractivity (Wildman–Crippen MR) is 147 cm³/mol. The third kappa shape index (κ3) is 6.02. The van der Waals surface area contributed by atoms with E-state index in [4.69, 9.17) is 7.85 Å². The molecule has 0 spiro atoms. The van der Waals surface area contributed by atoms with Gasteiger partial charge in [0.05, 0.1) is 13.1 Å². The first kappa shape index (κ1) is 28.1. The van der Waals surface area contributed by atoms with E-state index in [1.54, 1.807) is 43.4 Å². The van der Waals surface area contributed by atoms with Crippen LogP contribution in [0.2, 0.25) is 0 Å². The molecule has 0 bridgehead atoms. The van der Waals surface area contributed by atoms with E-state index >= 15 is 0 Å². The molecule has 3 aromatic rings. The molecule has 2 atom stereocenters. The molecule has 0 aromatic heterocycles. The molecule has 2 aliphatic rings. The second-order valence-corrected chi connectivity index (χ2v) is 10.2. The van der Waals surface area contributed by atoms with E-state index in [2.05, 4.69) is 5.32 Å². The van der Waals surface area contributed by atoms with Crippen LogP contribution in [0, 0.1) is 11.6 Å². The number of hydrogen-bond acceptors (Lipinski definition) is 5.